The van der Waals surface area contributed by atoms with Crippen LogP contribution in [0.5, 0.6) is 0 Å². The Morgan fingerprint density at radius 2 is 2.06 bits per heavy atom. The van der Waals surface area contributed by atoms with Crippen LogP contribution in [0, 0.1) is 0 Å². The van der Waals surface area contributed by atoms with E-state index in [0.29, 0.717) is 18.2 Å². The average molecular weight is 259 g/mol. The van der Waals surface area contributed by atoms with E-state index in [4.69, 9.17) is 21.1 Å². The third kappa shape index (κ3) is 2.19. The quantitative estimate of drug-likeness (QED) is 0.780. The SMILES string of the molecule is COC(=O)C1(Sc2ccc(Cl)cc2)COC1. The van der Waals surface area contributed by atoms with Crippen molar-refractivity contribution in [3.63, 3.8) is 0 Å². The van der Waals surface area contributed by atoms with E-state index in [1.54, 1.807) is 12.1 Å². The van der Waals surface area contributed by atoms with E-state index in [-0.39, 0.29) is 5.97 Å². The van der Waals surface area contributed by atoms with Crippen LogP contribution in [0.4, 0.5) is 0 Å². The van der Waals surface area contributed by atoms with Gasteiger partial charge in [0.05, 0.1) is 20.3 Å². The molecule has 16 heavy (non-hydrogen) atoms. The highest BCUT2D eigenvalue weighted by molar-refractivity contribution is 8.01. The number of thioether (sulfide) groups is 1. The van der Waals surface area contributed by atoms with Crippen LogP contribution in [-0.2, 0) is 14.3 Å². The number of benzene rings is 1. The molecule has 86 valence electrons. The summed E-state index contributed by atoms with van der Waals surface area (Å²) in [4.78, 5) is 12.6. The van der Waals surface area contributed by atoms with Crippen LogP contribution >= 0.6 is 23.4 Å². The van der Waals surface area contributed by atoms with Crippen LogP contribution in [0.15, 0.2) is 29.2 Å². The molecular formula is C11H11ClO3S. The van der Waals surface area contributed by atoms with Gasteiger partial charge >= 0.3 is 5.97 Å². The lowest BCUT2D eigenvalue weighted by molar-refractivity contribution is -0.155. The maximum Gasteiger partial charge on any atom is 0.327 e. The topological polar surface area (TPSA) is 35.5 Å². The van der Waals surface area contributed by atoms with Crippen LogP contribution in [-0.4, -0.2) is 31.0 Å². The lowest BCUT2D eigenvalue weighted by Crippen LogP contribution is -2.53. The second-order valence-corrected chi connectivity index (χ2v) is 5.43. The summed E-state index contributed by atoms with van der Waals surface area (Å²) in [5, 5.41) is 0.682. The smallest absolute Gasteiger partial charge is 0.327 e. The average Bonchev–Trinajstić information content (AvgIpc) is 2.25. The van der Waals surface area contributed by atoms with Crippen LogP contribution in [0.3, 0.4) is 0 Å². The third-order valence-electron chi connectivity index (χ3n) is 2.35. The van der Waals surface area contributed by atoms with Gasteiger partial charge in [-0.1, -0.05) is 11.6 Å². The summed E-state index contributed by atoms with van der Waals surface area (Å²) < 4.78 is 9.32. The van der Waals surface area contributed by atoms with E-state index in [2.05, 4.69) is 0 Å². The van der Waals surface area contributed by atoms with Crippen molar-refractivity contribution in [2.45, 2.75) is 9.64 Å². The lowest BCUT2D eigenvalue weighted by Gasteiger charge is -2.37. The van der Waals surface area contributed by atoms with Crippen molar-refractivity contribution in [3.8, 4) is 0 Å². The molecule has 0 unspecified atom stereocenters. The molecule has 1 saturated heterocycles. The van der Waals surface area contributed by atoms with Crippen molar-refractivity contribution in [2.24, 2.45) is 0 Å². The van der Waals surface area contributed by atoms with Crippen LogP contribution in [0.1, 0.15) is 0 Å². The van der Waals surface area contributed by atoms with Crippen molar-refractivity contribution in [2.75, 3.05) is 20.3 Å². The normalized spacial score (nSPS) is 17.6. The minimum atomic E-state index is -0.581. The molecule has 0 N–H and O–H groups in total. The van der Waals surface area contributed by atoms with Crippen LogP contribution in [0.25, 0.3) is 0 Å². The highest BCUT2D eigenvalue weighted by Crippen LogP contribution is 2.39. The van der Waals surface area contributed by atoms with Gasteiger partial charge in [-0.25, -0.2) is 0 Å². The fourth-order valence-electron chi connectivity index (χ4n) is 1.42. The van der Waals surface area contributed by atoms with Gasteiger partial charge in [-0.3, -0.25) is 4.79 Å². The van der Waals surface area contributed by atoms with E-state index in [9.17, 15) is 4.79 Å². The van der Waals surface area contributed by atoms with Crippen molar-refractivity contribution >= 4 is 29.3 Å². The molecule has 5 heteroatoms. The molecule has 1 aromatic rings. The first-order valence-electron chi connectivity index (χ1n) is 4.77. The summed E-state index contributed by atoms with van der Waals surface area (Å²) in [5.74, 6) is -0.237. The number of rotatable bonds is 3. The fraction of sp³-hybridized carbons (Fsp3) is 0.364. The molecule has 0 aromatic heterocycles. The number of methoxy groups -OCH3 is 1. The van der Waals surface area contributed by atoms with E-state index in [1.165, 1.54) is 18.9 Å². The molecule has 0 saturated carbocycles. The zero-order chi connectivity index (χ0) is 11.6. The molecule has 0 atom stereocenters. The number of halogens is 1. The molecule has 0 radical (unpaired) electrons. The molecule has 1 heterocycles. The maximum absolute atomic E-state index is 11.6. The highest BCUT2D eigenvalue weighted by atomic mass is 35.5. The molecular weight excluding hydrogens is 248 g/mol. The van der Waals surface area contributed by atoms with E-state index < -0.39 is 4.75 Å². The molecule has 1 aliphatic heterocycles. The standard InChI is InChI=1S/C11H11ClO3S/c1-14-10(13)11(6-15-7-11)16-9-4-2-8(12)3-5-9/h2-5H,6-7H2,1H3. The summed E-state index contributed by atoms with van der Waals surface area (Å²) in [6.45, 7) is 0.792. The van der Waals surface area contributed by atoms with Crippen LogP contribution in [0.2, 0.25) is 5.02 Å². The zero-order valence-corrected chi connectivity index (χ0v) is 10.3. The van der Waals surface area contributed by atoms with Gasteiger partial charge < -0.3 is 9.47 Å². The monoisotopic (exact) mass is 258 g/mol. The predicted octanol–water partition coefficient (Wildman–Crippen LogP) is 2.37. The Hall–Kier alpha value is -0.710. The van der Waals surface area contributed by atoms with Gasteiger partial charge in [-0.15, -0.1) is 11.8 Å². The molecule has 0 amide bonds. The number of ether oxygens (including phenoxy) is 2. The largest absolute Gasteiger partial charge is 0.468 e. The second-order valence-electron chi connectivity index (χ2n) is 3.53. The first kappa shape index (κ1) is 11.8. The van der Waals surface area contributed by atoms with Crippen molar-refractivity contribution in [1.82, 2.24) is 0 Å². The Morgan fingerprint density at radius 3 is 2.50 bits per heavy atom. The van der Waals surface area contributed by atoms with Gasteiger partial charge in [0.2, 0.25) is 0 Å². The number of hydrogen-bond donors (Lipinski definition) is 0. The van der Waals surface area contributed by atoms with Crippen molar-refractivity contribution in [3.05, 3.63) is 29.3 Å². The Kier molecular flexibility index (Phi) is 3.42. The minimum absolute atomic E-state index is 0.237. The maximum atomic E-state index is 11.6. The molecule has 2 rings (SSSR count). The van der Waals surface area contributed by atoms with Crippen molar-refractivity contribution in [1.29, 1.82) is 0 Å². The van der Waals surface area contributed by atoms with E-state index >= 15 is 0 Å². The van der Waals surface area contributed by atoms with E-state index in [1.807, 2.05) is 12.1 Å². The molecule has 1 aliphatic rings. The summed E-state index contributed by atoms with van der Waals surface area (Å²) >= 11 is 7.26. The molecule has 0 aliphatic carbocycles. The third-order valence-corrected chi connectivity index (χ3v) is 3.91. The van der Waals surface area contributed by atoms with E-state index in [0.717, 1.165) is 4.90 Å². The molecule has 1 aromatic carbocycles. The number of carbonyl (C=O) groups is 1. The summed E-state index contributed by atoms with van der Waals surface area (Å²) in [5.41, 5.74) is 0. The number of hydrogen-bond acceptors (Lipinski definition) is 4. The molecule has 0 spiro atoms. The minimum Gasteiger partial charge on any atom is -0.468 e. The van der Waals surface area contributed by atoms with Crippen LogP contribution < -0.4 is 0 Å². The van der Waals surface area contributed by atoms with Crippen molar-refractivity contribution < 1.29 is 14.3 Å². The van der Waals surface area contributed by atoms with Gasteiger partial charge in [0.25, 0.3) is 0 Å². The van der Waals surface area contributed by atoms with Gasteiger partial charge in [0.15, 0.2) is 4.75 Å². The molecule has 1 fully saturated rings. The molecule has 0 bridgehead atoms. The summed E-state index contributed by atoms with van der Waals surface area (Å²) in [6.07, 6.45) is 0. The Bertz CT molecular complexity index is 387. The van der Waals surface area contributed by atoms with Gasteiger partial charge in [-0.2, -0.15) is 0 Å². The highest BCUT2D eigenvalue weighted by Gasteiger charge is 2.48. The second kappa shape index (κ2) is 4.65. The van der Waals surface area contributed by atoms with Gasteiger partial charge in [0, 0.05) is 9.92 Å². The number of esters is 1. The molecule has 3 nitrogen and oxygen atoms in total. The lowest BCUT2D eigenvalue weighted by atomic mass is 10.1. The Balaban J connectivity index is 2.13. The van der Waals surface area contributed by atoms with Gasteiger partial charge in [0.1, 0.15) is 0 Å². The summed E-state index contributed by atoms with van der Waals surface area (Å²) in [7, 11) is 1.39. The van der Waals surface area contributed by atoms with Gasteiger partial charge in [-0.05, 0) is 24.3 Å². The fourth-order valence-corrected chi connectivity index (χ4v) is 2.72. The first-order valence-corrected chi connectivity index (χ1v) is 5.96. The Morgan fingerprint density at radius 1 is 1.44 bits per heavy atom. The number of carbonyl (C=O) groups excluding carboxylic acids is 1. The zero-order valence-electron chi connectivity index (χ0n) is 8.73. The predicted molar refractivity (Wildman–Crippen MR) is 62.9 cm³/mol. The summed E-state index contributed by atoms with van der Waals surface area (Å²) in [6, 6.07) is 7.37. The first-order chi connectivity index (χ1) is 7.66. The Labute approximate surface area is 103 Å².